The zero-order valence-corrected chi connectivity index (χ0v) is 18.1. The van der Waals surface area contributed by atoms with Gasteiger partial charge in [-0.15, -0.1) is 0 Å². The van der Waals surface area contributed by atoms with E-state index in [1.165, 1.54) is 6.07 Å². The predicted molar refractivity (Wildman–Crippen MR) is 113 cm³/mol. The molecule has 7 nitrogen and oxygen atoms in total. The van der Waals surface area contributed by atoms with Crippen LogP contribution in [-0.4, -0.2) is 44.7 Å². The first-order chi connectivity index (χ1) is 14.0. The fraction of sp³-hybridized carbons (Fsp3) is 0.522. The SMILES string of the molecule is C/C(=C\C[C@H](O)C(C)(C)O)CC/C=C(\C)CCOc1c(O)cc2c(c1O)COC2=O. The molecule has 0 aromatic heterocycles. The molecule has 0 saturated carbocycles. The summed E-state index contributed by atoms with van der Waals surface area (Å²) in [6.07, 6.45) is 5.96. The maximum Gasteiger partial charge on any atom is 0.339 e. The van der Waals surface area contributed by atoms with Gasteiger partial charge >= 0.3 is 5.97 Å². The van der Waals surface area contributed by atoms with Crippen molar-refractivity contribution in [1.82, 2.24) is 0 Å². The van der Waals surface area contributed by atoms with Crippen LogP contribution in [-0.2, 0) is 11.3 Å². The maximum absolute atomic E-state index is 11.5. The summed E-state index contributed by atoms with van der Waals surface area (Å²) >= 11 is 0. The number of hydrogen-bond acceptors (Lipinski definition) is 7. The van der Waals surface area contributed by atoms with E-state index in [0.717, 1.165) is 24.0 Å². The second-order valence-corrected chi connectivity index (χ2v) is 8.32. The van der Waals surface area contributed by atoms with Gasteiger partial charge in [-0.1, -0.05) is 23.3 Å². The largest absolute Gasteiger partial charge is 0.504 e. The van der Waals surface area contributed by atoms with Crippen molar-refractivity contribution < 1.29 is 34.7 Å². The average Bonchev–Trinajstić information content (AvgIpc) is 3.02. The lowest BCUT2D eigenvalue weighted by Crippen LogP contribution is -2.35. The van der Waals surface area contributed by atoms with E-state index in [1.807, 2.05) is 19.9 Å². The number of ether oxygens (including phenoxy) is 2. The molecule has 1 atom stereocenters. The van der Waals surface area contributed by atoms with Crippen LogP contribution in [0.3, 0.4) is 0 Å². The maximum atomic E-state index is 11.5. The van der Waals surface area contributed by atoms with Crippen LogP contribution in [0.5, 0.6) is 17.2 Å². The molecule has 0 radical (unpaired) electrons. The quantitative estimate of drug-likeness (QED) is 0.337. The molecule has 1 aromatic carbocycles. The van der Waals surface area contributed by atoms with Gasteiger partial charge in [-0.2, -0.15) is 0 Å². The molecule has 30 heavy (non-hydrogen) atoms. The number of carbonyl (C=O) groups excluding carboxylic acids is 1. The molecule has 2 rings (SSSR count). The molecular formula is C23H32O7. The molecule has 7 heteroatoms. The van der Waals surface area contributed by atoms with Gasteiger partial charge in [0.1, 0.15) is 6.61 Å². The topological polar surface area (TPSA) is 116 Å². The third-order valence-corrected chi connectivity index (χ3v) is 5.19. The first-order valence-corrected chi connectivity index (χ1v) is 10.1. The normalized spacial score (nSPS) is 15.7. The zero-order valence-electron chi connectivity index (χ0n) is 18.1. The van der Waals surface area contributed by atoms with Gasteiger partial charge in [0.15, 0.2) is 11.5 Å². The third-order valence-electron chi connectivity index (χ3n) is 5.19. The summed E-state index contributed by atoms with van der Waals surface area (Å²) in [6.45, 7) is 7.39. The molecule has 1 aliphatic heterocycles. The first kappa shape index (κ1) is 23.8. The van der Waals surface area contributed by atoms with E-state index >= 15 is 0 Å². The summed E-state index contributed by atoms with van der Waals surface area (Å²) in [6, 6.07) is 1.26. The van der Waals surface area contributed by atoms with Gasteiger partial charge in [0, 0.05) is 12.0 Å². The number of esters is 1. The van der Waals surface area contributed by atoms with Crippen molar-refractivity contribution in [3.8, 4) is 17.2 Å². The van der Waals surface area contributed by atoms with E-state index in [2.05, 4.69) is 6.08 Å². The Kier molecular flexibility index (Phi) is 7.92. The molecule has 0 spiro atoms. The van der Waals surface area contributed by atoms with Crippen LogP contribution >= 0.6 is 0 Å². The van der Waals surface area contributed by atoms with E-state index in [9.17, 15) is 25.2 Å². The van der Waals surface area contributed by atoms with Gasteiger partial charge in [-0.05, 0) is 53.0 Å². The van der Waals surface area contributed by atoms with Gasteiger partial charge < -0.3 is 29.9 Å². The Bertz CT molecular complexity index is 831. The Morgan fingerprint density at radius 1 is 1.23 bits per heavy atom. The second-order valence-electron chi connectivity index (χ2n) is 8.32. The molecule has 1 aliphatic rings. The Labute approximate surface area is 177 Å². The van der Waals surface area contributed by atoms with E-state index in [-0.39, 0.29) is 36.0 Å². The van der Waals surface area contributed by atoms with Gasteiger partial charge in [0.05, 0.1) is 23.9 Å². The summed E-state index contributed by atoms with van der Waals surface area (Å²) < 4.78 is 10.4. The van der Waals surface area contributed by atoms with Crippen LogP contribution in [0.1, 0.15) is 69.3 Å². The third kappa shape index (κ3) is 6.24. The number of carbonyl (C=O) groups is 1. The lowest BCUT2D eigenvalue weighted by Gasteiger charge is -2.23. The van der Waals surface area contributed by atoms with Gasteiger partial charge in [-0.25, -0.2) is 4.79 Å². The van der Waals surface area contributed by atoms with Gasteiger partial charge in [0.25, 0.3) is 0 Å². The van der Waals surface area contributed by atoms with Crippen molar-refractivity contribution in [2.24, 2.45) is 0 Å². The standard InChI is InChI=1S/C23H32O7/c1-14(8-9-19(25)23(3,4)28)6-5-7-15(2)10-11-29-21-18(24)12-16-17(20(21)26)13-30-22(16)27/h7-8,12,19,24-26,28H,5-6,9-11,13H2,1-4H3/b14-8+,15-7+/t19-/m0/s1. The summed E-state index contributed by atoms with van der Waals surface area (Å²) in [5.41, 5.74) is 1.63. The number of aliphatic hydroxyl groups excluding tert-OH is 1. The number of benzene rings is 1. The molecule has 0 aliphatic carbocycles. The van der Waals surface area contributed by atoms with Crippen molar-refractivity contribution in [2.75, 3.05) is 6.61 Å². The molecular weight excluding hydrogens is 388 g/mol. The van der Waals surface area contributed by atoms with Crippen molar-refractivity contribution in [3.63, 3.8) is 0 Å². The number of aromatic hydroxyl groups is 2. The molecule has 1 heterocycles. The molecule has 0 saturated heterocycles. The minimum Gasteiger partial charge on any atom is -0.504 e. The highest BCUT2D eigenvalue weighted by molar-refractivity contribution is 5.95. The molecule has 0 unspecified atom stereocenters. The number of rotatable bonds is 10. The lowest BCUT2D eigenvalue weighted by atomic mass is 9.97. The molecule has 166 valence electrons. The number of phenolic OH excluding ortho intramolecular Hbond substituents is 2. The van der Waals surface area contributed by atoms with Crippen molar-refractivity contribution in [3.05, 3.63) is 40.5 Å². The first-order valence-electron chi connectivity index (χ1n) is 10.1. The zero-order chi connectivity index (χ0) is 22.5. The molecule has 1 aromatic rings. The summed E-state index contributed by atoms with van der Waals surface area (Å²) in [7, 11) is 0. The number of aliphatic hydroxyl groups is 2. The average molecular weight is 421 g/mol. The number of allylic oxidation sites excluding steroid dienone is 2. The van der Waals surface area contributed by atoms with E-state index in [4.69, 9.17) is 9.47 Å². The number of cyclic esters (lactones) is 1. The van der Waals surface area contributed by atoms with Crippen LogP contribution in [0.4, 0.5) is 0 Å². The van der Waals surface area contributed by atoms with Crippen LogP contribution in [0.2, 0.25) is 0 Å². The van der Waals surface area contributed by atoms with Gasteiger partial charge in [-0.3, -0.25) is 0 Å². The van der Waals surface area contributed by atoms with Crippen LogP contribution < -0.4 is 4.74 Å². The van der Waals surface area contributed by atoms with E-state index in [0.29, 0.717) is 18.4 Å². The Morgan fingerprint density at radius 2 is 1.90 bits per heavy atom. The van der Waals surface area contributed by atoms with E-state index in [1.54, 1.807) is 13.8 Å². The fourth-order valence-electron chi connectivity index (χ4n) is 3.03. The minimum absolute atomic E-state index is 0.0325. The highest BCUT2D eigenvalue weighted by Crippen LogP contribution is 2.43. The van der Waals surface area contributed by atoms with Crippen molar-refractivity contribution in [1.29, 1.82) is 0 Å². The summed E-state index contributed by atoms with van der Waals surface area (Å²) in [5.74, 6) is -1.16. The molecule has 0 fully saturated rings. The van der Waals surface area contributed by atoms with Crippen LogP contribution in [0.25, 0.3) is 0 Å². The van der Waals surface area contributed by atoms with Crippen molar-refractivity contribution >= 4 is 5.97 Å². The molecule has 0 bridgehead atoms. The Balaban J connectivity index is 1.81. The molecule has 0 amide bonds. The van der Waals surface area contributed by atoms with Crippen LogP contribution in [0, 0.1) is 0 Å². The number of hydrogen-bond donors (Lipinski definition) is 4. The smallest absolute Gasteiger partial charge is 0.339 e. The van der Waals surface area contributed by atoms with Gasteiger partial charge in [0.2, 0.25) is 5.75 Å². The Hall–Kier alpha value is -2.51. The fourth-order valence-corrected chi connectivity index (χ4v) is 3.03. The summed E-state index contributed by atoms with van der Waals surface area (Å²) in [4.78, 5) is 11.5. The Morgan fingerprint density at radius 3 is 2.57 bits per heavy atom. The number of phenols is 2. The van der Waals surface area contributed by atoms with Crippen LogP contribution in [0.15, 0.2) is 29.4 Å². The monoisotopic (exact) mass is 420 g/mol. The number of fused-ring (bicyclic) bond motifs is 1. The highest BCUT2D eigenvalue weighted by Gasteiger charge is 2.29. The summed E-state index contributed by atoms with van der Waals surface area (Å²) in [5, 5.41) is 39.9. The van der Waals surface area contributed by atoms with Crippen molar-refractivity contribution in [2.45, 2.75) is 71.7 Å². The minimum atomic E-state index is -1.11. The lowest BCUT2D eigenvalue weighted by molar-refractivity contribution is -0.0457. The second kappa shape index (κ2) is 10.00. The predicted octanol–water partition coefficient (Wildman–Crippen LogP) is 3.73. The molecule has 4 N–H and O–H groups in total. The van der Waals surface area contributed by atoms with E-state index < -0.39 is 17.7 Å². The highest BCUT2D eigenvalue weighted by atomic mass is 16.5.